The van der Waals surface area contributed by atoms with Crippen molar-refractivity contribution in [3.63, 3.8) is 0 Å². The zero-order valence-corrected chi connectivity index (χ0v) is 13.0. The standard InChI is InChI=1S/C17H17NS2/c1-13(20-15-10-6-3-7-11-15)16-12-18(17(16)19)14-8-4-2-5-9-14/h2-11,13,16H,12H2,1H3/t13?,16-/m1/s1. The molecule has 2 aromatic rings. The Labute approximate surface area is 130 Å². The van der Waals surface area contributed by atoms with Crippen LogP contribution in [0.4, 0.5) is 5.69 Å². The second-order valence-corrected chi connectivity index (χ2v) is 6.90. The molecule has 2 atom stereocenters. The number of para-hydroxylation sites is 1. The minimum atomic E-state index is 0.496. The Hall–Kier alpha value is -1.32. The Kier molecular flexibility index (Phi) is 4.08. The average molecular weight is 299 g/mol. The number of hydrogen-bond donors (Lipinski definition) is 0. The molecule has 0 spiro atoms. The summed E-state index contributed by atoms with van der Waals surface area (Å²) in [5.41, 5.74) is 1.21. The summed E-state index contributed by atoms with van der Waals surface area (Å²) in [6.07, 6.45) is 0. The molecular formula is C17H17NS2. The summed E-state index contributed by atoms with van der Waals surface area (Å²) < 4.78 is 0. The first-order valence-electron chi connectivity index (χ1n) is 6.84. The van der Waals surface area contributed by atoms with E-state index in [0.717, 1.165) is 11.5 Å². The maximum atomic E-state index is 5.61. The topological polar surface area (TPSA) is 3.24 Å². The highest BCUT2D eigenvalue weighted by atomic mass is 32.2. The molecule has 0 saturated carbocycles. The molecule has 0 aromatic heterocycles. The van der Waals surface area contributed by atoms with Gasteiger partial charge in [-0.25, -0.2) is 0 Å². The van der Waals surface area contributed by atoms with E-state index in [9.17, 15) is 0 Å². The third-order valence-corrected chi connectivity index (χ3v) is 5.43. The first kappa shape index (κ1) is 13.7. The second kappa shape index (κ2) is 5.98. The van der Waals surface area contributed by atoms with Gasteiger partial charge in [0.25, 0.3) is 0 Å². The quantitative estimate of drug-likeness (QED) is 0.598. The predicted octanol–water partition coefficient (Wildman–Crippen LogP) is 4.63. The van der Waals surface area contributed by atoms with Gasteiger partial charge >= 0.3 is 0 Å². The van der Waals surface area contributed by atoms with Crippen molar-refractivity contribution in [3.8, 4) is 0 Å². The van der Waals surface area contributed by atoms with E-state index in [4.69, 9.17) is 12.2 Å². The summed E-state index contributed by atoms with van der Waals surface area (Å²) in [6, 6.07) is 21.0. The van der Waals surface area contributed by atoms with Crippen molar-refractivity contribution in [2.75, 3.05) is 11.4 Å². The van der Waals surface area contributed by atoms with Crippen molar-refractivity contribution >= 4 is 34.7 Å². The van der Waals surface area contributed by atoms with Crippen LogP contribution < -0.4 is 4.90 Å². The van der Waals surface area contributed by atoms with Crippen LogP contribution in [0, 0.1) is 5.92 Å². The first-order valence-corrected chi connectivity index (χ1v) is 8.12. The lowest BCUT2D eigenvalue weighted by Gasteiger charge is -2.44. The van der Waals surface area contributed by atoms with Crippen LogP contribution in [0.25, 0.3) is 0 Å². The largest absolute Gasteiger partial charge is 0.335 e. The smallest absolute Gasteiger partial charge is 0.0884 e. The maximum Gasteiger partial charge on any atom is 0.0884 e. The molecule has 1 aliphatic rings. The molecule has 1 heterocycles. The molecule has 0 amide bonds. The number of rotatable bonds is 4. The van der Waals surface area contributed by atoms with E-state index >= 15 is 0 Å². The van der Waals surface area contributed by atoms with Gasteiger partial charge in [0.05, 0.1) is 4.99 Å². The van der Waals surface area contributed by atoms with Crippen LogP contribution in [-0.4, -0.2) is 16.8 Å². The molecule has 0 radical (unpaired) electrons. The highest BCUT2D eigenvalue weighted by Gasteiger charge is 2.37. The number of benzene rings is 2. The molecule has 3 heteroatoms. The minimum absolute atomic E-state index is 0.496. The first-order chi connectivity index (χ1) is 9.75. The molecule has 2 aromatic carbocycles. The molecule has 0 aliphatic carbocycles. The molecule has 1 fully saturated rings. The Morgan fingerprint density at radius 2 is 1.65 bits per heavy atom. The van der Waals surface area contributed by atoms with Gasteiger partial charge in [0, 0.05) is 28.3 Å². The lowest BCUT2D eigenvalue weighted by Crippen LogP contribution is -2.55. The predicted molar refractivity (Wildman–Crippen MR) is 91.6 cm³/mol. The molecule has 1 unspecified atom stereocenters. The van der Waals surface area contributed by atoms with Gasteiger partial charge in [-0.2, -0.15) is 0 Å². The van der Waals surface area contributed by atoms with Crippen LogP contribution in [0.1, 0.15) is 6.92 Å². The van der Waals surface area contributed by atoms with Gasteiger partial charge in [0.15, 0.2) is 0 Å². The van der Waals surface area contributed by atoms with Crippen molar-refractivity contribution in [2.24, 2.45) is 5.92 Å². The summed E-state index contributed by atoms with van der Waals surface area (Å²) in [5, 5.41) is 0.518. The van der Waals surface area contributed by atoms with Gasteiger partial charge in [-0.15, -0.1) is 11.8 Å². The lowest BCUT2D eigenvalue weighted by molar-refractivity contribution is 0.615. The fourth-order valence-corrected chi connectivity index (χ4v) is 4.11. The molecule has 1 nitrogen and oxygen atoms in total. The summed E-state index contributed by atoms with van der Waals surface area (Å²) in [6.45, 7) is 3.31. The van der Waals surface area contributed by atoms with E-state index in [-0.39, 0.29) is 0 Å². The summed E-state index contributed by atoms with van der Waals surface area (Å²) in [7, 11) is 0. The Bertz CT molecular complexity index is 582. The number of anilines is 1. The van der Waals surface area contributed by atoms with Gasteiger partial charge < -0.3 is 4.90 Å². The van der Waals surface area contributed by atoms with Gasteiger partial charge in [-0.1, -0.05) is 55.5 Å². The zero-order valence-electron chi connectivity index (χ0n) is 11.4. The Morgan fingerprint density at radius 3 is 2.25 bits per heavy atom. The Balaban J connectivity index is 1.62. The van der Waals surface area contributed by atoms with Crippen LogP contribution in [0.3, 0.4) is 0 Å². The number of nitrogens with zero attached hydrogens (tertiary/aromatic N) is 1. The average Bonchev–Trinajstić information content (AvgIpc) is 2.48. The van der Waals surface area contributed by atoms with E-state index in [1.54, 1.807) is 0 Å². The minimum Gasteiger partial charge on any atom is -0.335 e. The van der Waals surface area contributed by atoms with Gasteiger partial charge in [0.1, 0.15) is 0 Å². The number of thioether (sulfide) groups is 1. The van der Waals surface area contributed by atoms with E-state index in [0.29, 0.717) is 11.2 Å². The molecule has 1 aliphatic heterocycles. The monoisotopic (exact) mass is 299 g/mol. The molecule has 0 bridgehead atoms. The van der Waals surface area contributed by atoms with E-state index < -0.39 is 0 Å². The van der Waals surface area contributed by atoms with Gasteiger partial charge in [-0.05, 0) is 24.3 Å². The van der Waals surface area contributed by atoms with Crippen molar-refractivity contribution in [1.29, 1.82) is 0 Å². The lowest BCUT2D eigenvalue weighted by atomic mass is 9.95. The highest BCUT2D eigenvalue weighted by molar-refractivity contribution is 8.00. The van der Waals surface area contributed by atoms with E-state index in [2.05, 4.69) is 66.4 Å². The SMILES string of the molecule is CC(Sc1ccccc1)[C@H]1CN(c2ccccc2)C1=S. The van der Waals surface area contributed by atoms with Crippen molar-refractivity contribution in [1.82, 2.24) is 0 Å². The summed E-state index contributed by atoms with van der Waals surface area (Å²) in [4.78, 5) is 4.63. The fourth-order valence-electron chi connectivity index (χ4n) is 2.44. The molecule has 1 saturated heterocycles. The zero-order chi connectivity index (χ0) is 13.9. The molecule has 0 N–H and O–H groups in total. The molecule has 3 rings (SSSR count). The molecule has 20 heavy (non-hydrogen) atoms. The van der Waals surface area contributed by atoms with Gasteiger partial charge in [-0.3, -0.25) is 0 Å². The molecular weight excluding hydrogens is 282 g/mol. The highest BCUT2D eigenvalue weighted by Crippen LogP contribution is 2.36. The van der Waals surface area contributed by atoms with Crippen LogP contribution in [0.15, 0.2) is 65.6 Å². The number of thiocarbonyl (C=S) groups is 1. The third-order valence-electron chi connectivity index (χ3n) is 3.66. The molecule has 102 valence electrons. The van der Waals surface area contributed by atoms with Crippen LogP contribution in [-0.2, 0) is 0 Å². The van der Waals surface area contributed by atoms with Crippen LogP contribution >= 0.6 is 24.0 Å². The third kappa shape index (κ3) is 2.74. The van der Waals surface area contributed by atoms with Crippen molar-refractivity contribution in [3.05, 3.63) is 60.7 Å². The maximum absolute atomic E-state index is 5.61. The fraction of sp³-hybridized carbons (Fsp3) is 0.235. The second-order valence-electron chi connectivity index (χ2n) is 5.03. The van der Waals surface area contributed by atoms with Crippen LogP contribution in [0.5, 0.6) is 0 Å². The number of hydrogen-bond acceptors (Lipinski definition) is 2. The summed E-state index contributed by atoms with van der Waals surface area (Å²) in [5.74, 6) is 0.496. The Morgan fingerprint density at radius 1 is 1.05 bits per heavy atom. The normalized spacial score (nSPS) is 19.6. The van der Waals surface area contributed by atoms with E-state index in [1.807, 2.05) is 17.8 Å². The van der Waals surface area contributed by atoms with Crippen molar-refractivity contribution < 1.29 is 0 Å². The van der Waals surface area contributed by atoms with Crippen LogP contribution in [0.2, 0.25) is 0 Å². The van der Waals surface area contributed by atoms with Crippen molar-refractivity contribution in [2.45, 2.75) is 17.1 Å². The summed E-state index contributed by atoms with van der Waals surface area (Å²) >= 11 is 7.53. The van der Waals surface area contributed by atoms with E-state index in [1.165, 1.54) is 10.6 Å². The van der Waals surface area contributed by atoms with Gasteiger partial charge in [0.2, 0.25) is 0 Å².